The molecule has 1 aliphatic rings. The van der Waals surface area contributed by atoms with Gasteiger partial charge in [-0.2, -0.15) is 0 Å². The van der Waals surface area contributed by atoms with Crippen LogP contribution in [0.15, 0.2) is 18.2 Å². The molecule has 0 unspecified atom stereocenters. The molecule has 0 radical (unpaired) electrons. The van der Waals surface area contributed by atoms with Crippen LogP contribution in [0, 0.1) is 12.8 Å². The normalized spacial score (nSPS) is 17.6. The minimum absolute atomic E-state index is 0.0176. The molecule has 0 saturated carbocycles. The average Bonchev–Trinajstić information content (AvgIpc) is 2.55. The van der Waals surface area contributed by atoms with Crippen LogP contribution in [0.3, 0.4) is 0 Å². The van der Waals surface area contributed by atoms with E-state index in [9.17, 15) is 9.59 Å². The Morgan fingerprint density at radius 2 is 1.81 bits per heavy atom. The average molecular weight is 360 g/mol. The van der Waals surface area contributed by atoms with Gasteiger partial charge in [0.15, 0.2) is 0 Å². The summed E-state index contributed by atoms with van der Waals surface area (Å²) in [4.78, 5) is 27.4. The molecular weight excluding hydrogens is 326 g/mol. The first-order valence-electron chi connectivity index (χ1n) is 9.55. The molecule has 0 bridgehead atoms. The van der Waals surface area contributed by atoms with Gasteiger partial charge in [0.2, 0.25) is 5.91 Å². The lowest BCUT2D eigenvalue weighted by molar-refractivity contribution is -0.121. The third kappa shape index (κ3) is 5.31. The largest absolute Gasteiger partial charge is 0.347 e. The van der Waals surface area contributed by atoms with Crippen molar-refractivity contribution in [1.29, 1.82) is 0 Å². The zero-order valence-corrected chi connectivity index (χ0v) is 17.0. The number of carbonyl (C=O) groups is 2. The van der Waals surface area contributed by atoms with Crippen LogP contribution in [0.1, 0.15) is 63.4 Å². The summed E-state index contributed by atoms with van der Waals surface area (Å²) < 4.78 is 0. The molecule has 1 aromatic carbocycles. The fraction of sp³-hybridized carbons (Fsp3) is 0.619. The Labute approximate surface area is 157 Å². The van der Waals surface area contributed by atoms with Crippen molar-refractivity contribution in [2.75, 3.05) is 18.4 Å². The van der Waals surface area contributed by atoms with E-state index < -0.39 is 0 Å². The van der Waals surface area contributed by atoms with Crippen molar-refractivity contribution >= 4 is 17.5 Å². The number of hydrogen-bond acceptors (Lipinski definition) is 3. The summed E-state index contributed by atoms with van der Waals surface area (Å²) in [6.45, 7) is 13.9. The van der Waals surface area contributed by atoms with E-state index in [0.29, 0.717) is 11.3 Å². The van der Waals surface area contributed by atoms with Gasteiger partial charge in [-0.15, -0.1) is 0 Å². The molecular formula is C21H33N3O2. The molecule has 5 heteroatoms. The lowest BCUT2D eigenvalue weighted by Crippen LogP contribution is -2.46. The second-order valence-corrected chi connectivity index (χ2v) is 8.57. The first-order chi connectivity index (χ1) is 12.1. The zero-order chi connectivity index (χ0) is 19.5. The number of amides is 2. The SMILES string of the molecule is Cc1c(NC(=O)[C@H](C)N2CCC(C)CC2)cccc1C(=O)NC(C)(C)C. The molecule has 1 saturated heterocycles. The van der Waals surface area contributed by atoms with E-state index in [4.69, 9.17) is 0 Å². The number of anilines is 1. The van der Waals surface area contributed by atoms with Crippen molar-refractivity contribution in [3.8, 4) is 0 Å². The number of rotatable bonds is 4. The Morgan fingerprint density at radius 1 is 1.19 bits per heavy atom. The first kappa shape index (κ1) is 20.4. The minimum Gasteiger partial charge on any atom is -0.347 e. The van der Waals surface area contributed by atoms with Gasteiger partial charge >= 0.3 is 0 Å². The highest BCUT2D eigenvalue weighted by Crippen LogP contribution is 2.22. The van der Waals surface area contributed by atoms with Crippen LogP contribution in [0.4, 0.5) is 5.69 Å². The van der Waals surface area contributed by atoms with Crippen LogP contribution in [0.5, 0.6) is 0 Å². The monoisotopic (exact) mass is 359 g/mol. The summed E-state index contributed by atoms with van der Waals surface area (Å²) >= 11 is 0. The first-order valence-corrected chi connectivity index (χ1v) is 9.55. The van der Waals surface area contributed by atoms with Crippen molar-refractivity contribution in [2.45, 2.75) is 66.0 Å². The van der Waals surface area contributed by atoms with E-state index >= 15 is 0 Å². The van der Waals surface area contributed by atoms with Gasteiger partial charge in [-0.25, -0.2) is 0 Å². The molecule has 1 atom stereocenters. The van der Waals surface area contributed by atoms with E-state index in [1.54, 1.807) is 6.07 Å². The van der Waals surface area contributed by atoms with Gasteiger partial charge in [0, 0.05) is 16.8 Å². The Balaban J connectivity index is 2.08. The maximum Gasteiger partial charge on any atom is 0.252 e. The van der Waals surface area contributed by atoms with Crippen molar-refractivity contribution < 1.29 is 9.59 Å². The van der Waals surface area contributed by atoms with Crippen molar-refractivity contribution in [3.05, 3.63) is 29.3 Å². The Hall–Kier alpha value is -1.88. The van der Waals surface area contributed by atoms with Crippen LogP contribution in [-0.2, 0) is 4.79 Å². The Morgan fingerprint density at radius 3 is 2.38 bits per heavy atom. The smallest absolute Gasteiger partial charge is 0.252 e. The molecule has 144 valence electrons. The van der Waals surface area contributed by atoms with Gasteiger partial charge in [0.1, 0.15) is 0 Å². The lowest BCUT2D eigenvalue weighted by atomic mass is 9.98. The fourth-order valence-corrected chi connectivity index (χ4v) is 3.24. The van der Waals surface area contributed by atoms with E-state index in [1.807, 2.05) is 46.8 Å². The molecule has 5 nitrogen and oxygen atoms in total. The maximum atomic E-state index is 12.7. The second kappa shape index (κ2) is 8.21. The van der Waals surface area contributed by atoms with Crippen LogP contribution in [-0.4, -0.2) is 41.4 Å². The van der Waals surface area contributed by atoms with Crippen molar-refractivity contribution in [2.24, 2.45) is 5.92 Å². The molecule has 1 heterocycles. The molecule has 2 N–H and O–H groups in total. The summed E-state index contributed by atoms with van der Waals surface area (Å²) in [5, 5.41) is 5.99. The molecule has 0 aliphatic carbocycles. The van der Waals surface area contributed by atoms with E-state index in [0.717, 1.165) is 37.4 Å². The van der Waals surface area contributed by atoms with E-state index in [2.05, 4.69) is 22.5 Å². The standard InChI is InChI=1S/C21H33N3O2/c1-14-10-12-24(13-11-14)16(3)19(25)22-18-9-7-8-17(15(18)2)20(26)23-21(4,5)6/h7-9,14,16H,10-13H2,1-6H3,(H,22,25)(H,23,26)/t16-/m0/s1. The van der Waals surface area contributed by atoms with Gasteiger partial charge in [-0.05, 0) is 84.2 Å². The van der Waals surface area contributed by atoms with Crippen molar-refractivity contribution in [1.82, 2.24) is 10.2 Å². The predicted octanol–water partition coefficient (Wildman–Crippen LogP) is 3.58. The highest BCUT2D eigenvalue weighted by Gasteiger charge is 2.26. The molecule has 2 amide bonds. The van der Waals surface area contributed by atoms with Crippen LogP contribution in [0.25, 0.3) is 0 Å². The number of carbonyl (C=O) groups excluding carboxylic acids is 2. The van der Waals surface area contributed by atoms with Crippen molar-refractivity contribution in [3.63, 3.8) is 0 Å². The molecule has 0 aromatic heterocycles. The molecule has 26 heavy (non-hydrogen) atoms. The minimum atomic E-state index is -0.303. The number of benzene rings is 1. The number of nitrogens with one attached hydrogen (secondary N) is 2. The molecule has 0 spiro atoms. The zero-order valence-electron chi connectivity index (χ0n) is 17.0. The maximum absolute atomic E-state index is 12.7. The Bertz CT molecular complexity index is 656. The summed E-state index contributed by atoms with van der Waals surface area (Å²) in [5.41, 5.74) is 1.79. The fourth-order valence-electron chi connectivity index (χ4n) is 3.24. The molecule has 1 aromatic rings. The van der Waals surface area contributed by atoms with E-state index in [1.165, 1.54) is 0 Å². The predicted molar refractivity (Wildman–Crippen MR) is 106 cm³/mol. The number of nitrogens with zero attached hydrogens (tertiary/aromatic N) is 1. The number of piperidine rings is 1. The van der Waals surface area contributed by atoms with Gasteiger partial charge < -0.3 is 10.6 Å². The number of hydrogen-bond donors (Lipinski definition) is 2. The summed E-state index contributed by atoms with van der Waals surface area (Å²) in [7, 11) is 0. The lowest BCUT2D eigenvalue weighted by Gasteiger charge is -2.34. The third-order valence-electron chi connectivity index (χ3n) is 5.07. The van der Waals surface area contributed by atoms with Crippen LogP contribution < -0.4 is 10.6 Å². The topological polar surface area (TPSA) is 61.4 Å². The quantitative estimate of drug-likeness (QED) is 0.864. The summed E-state index contributed by atoms with van der Waals surface area (Å²) in [6.07, 6.45) is 2.28. The van der Waals surface area contributed by atoms with Crippen LogP contribution in [0.2, 0.25) is 0 Å². The van der Waals surface area contributed by atoms with Gasteiger partial charge in [0.25, 0.3) is 5.91 Å². The summed E-state index contributed by atoms with van der Waals surface area (Å²) in [5.74, 6) is 0.599. The van der Waals surface area contributed by atoms with E-state index in [-0.39, 0.29) is 23.4 Å². The van der Waals surface area contributed by atoms with Gasteiger partial charge in [0.05, 0.1) is 6.04 Å². The molecule has 2 rings (SSSR count). The highest BCUT2D eigenvalue weighted by atomic mass is 16.2. The Kier molecular flexibility index (Phi) is 6.45. The molecule has 1 aliphatic heterocycles. The number of likely N-dealkylation sites (tertiary alicyclic amines) is 1. The third-order valence-corrected chi connectivity index (χ3v) is 5.07. The molecule has 1 fully saturated rings. The second-order valence-electron chi connectivity index (χ2n) is 8.57. The summed E-state index contributed by atoms with van der Waals surface area (Å²) in [6, 6.07) is 5.29. The highest BCUT2D eigenvalue weighted by molar-refractivity contribution is 6.00. The van der Waals surface area contributed by atoms with Gasteiger partial charge in [-0.1, -0.05) is 13.0 Å². The van der Waals surface area contributed by atoms with Crippen LogP contribution >= 0.6 is 0 Å². The van der Waals surface area contributed by atoms with Gasteiger partial charge in [-0.3, -0.25) is 14.5 Å².